The van der Waals surface area contributed by atoms with E-state index in [1.165, 1.54) is 12.1 Å². The first-order valence-corrected chi connectivity index (χ1v) is 5.62. The third-order valence-corrected chi connectivity index (χ3v) is 3.34. The molecule has 3 heteroatoms. The lowest BCUT2D eigenvalue weighted by molar-refractivity contribution is 0.293. The number of hydrogen-bond acceptors (Lipinski definition) is 1. The molecule has 0 saturated heterocycles. The number of nitrogens with two attached hydrogens (primary N) is 1. The smallest absolute Gasteiger partial charge is 0.129 e. The van der Waals surface area contributed by atoms with Gasteiger partial charge < -0.3 is 5.73 Å². The van der Waals surface area contributed by atoms with Crippen LogP contribution in [0.1, 0.15) is 32.8 Å². The molecule has 0 fully saturated rings. The van der Waals surface area contributed by atoms with Crippen LogP contribution in [-0.4, -0.2) is 5.54 Å². The van der Waals surface area contributed by atoms with Crippen molar-refractivity contribution in [3.05, 3.63) is 35.4 Å². The molecule has 0 spiro atoms. The Morgan fingerprint density at radius 1 is 1.31 bits per heavy atom. The van der Waals surface area contributed by atoms with Crippen LogP contribution in [0, 0.1) is 17.6 Å². The van der Waals surface area contributed by atoms with Gasteiger partial charge in [0.2, 0.25) is 0 Å². The Hall–Kier alpha value is -0.960. The minimum Gasteiger partial charge on any atom is -0.325 e. The summed E-state index contributed by atoms with van der Waals surface area (Å²) >= 11 is 0. The van der Waals surface area contributed by atoms with Crippen LogP contribution in [0.5, 0.6) is 0 Å². The van der Waals surface area contributed by atoms with Gasteiger partial charge in [0.15, 0.2) is 0 Å². The standard InChI is InChI=1S/C13H19F2N/c1-4-13(16,9(2)3)8-10-5-6-11(14)7-12(10)15/h5-7,9H,4,8,16H2,1-3H3. The highest BCUT2D eigenvalue weighted by molar-refractivity contribution is 5.21. The minimum absolute atomic E-state index is 0.252. The normalized spacial score (nSPS) is 15.2. The van der Waals surface area contributed by atoms with Crippen molar-refractivity contribution in [1.29, 1.82) is 0 Å². The molecular weight excluding hydrogens is 208 g/mol. The van der Waals surface area contributed by atoms with Crippen molar-refractivity contribution in [2.24, 2.45) is 11.7 Å². The second-order valence-corrected chi connectivity index (χ2v) is 4.65. The third kappa shape index (κ3) is 2.79. The average molecular weight is 227 g/mol. The largest absolute Gasteiger partial charge is 0.325 e. The van der Waals surface area contributed by atoms with Crippen LogP contribution in [0.4, 0.5) is 8.78 Å². The summed E-state index contributed by atoms with van der Waals surface area (Å²) in [4.78, 5) is 0. The summed E-state index contributed by atoms with van der Waals surface area (Å²) in [5.41, 5.74) is 6.27. The Morgan fingerprint density at radius 2 is 1.94 bits per heavy atom. The molecular formula is C13H19F2N. The van der Waals surface area contributed by atoms with Crippen molar-refractivity contribution in [3.8, 4) is 0 Å². The molecule has 0 radical (unpaired) electrons. The number of hydrogen-bond donors (Lipinski definition) is 1. The zero-order valence-corrected chi connectivity index (χ0v) is 10.1. The molecule has 0 aliphatic carbocycles. The first-order chi connectivity index (χ1) is 7.39. The van der Waals surface area contributed by atoms with Gasteiger partial charge in [0.1, 0.15) is 11.6 Å². The lowest BCUT2D eigenvalue weighted by atomic mass is 9.79. The lowest BCUT2D eigenvalue weighted by Gasteiger charge is -2.32. The minimum atomic E-state index is -0.551. The van der Waals surface area contributed by atoms with Crippen LogP contribution in [-0.2, 0) is 6.42 Å². The highest BCUT2D eigenvalue weighted by Gasteiger charge is 2.28. The Kier molecular flexibility index (Phi) is 4.03. The molecule has 0 aliphatic heterocycles. The van der Waals surface area contributed by atoms with Crippen molar-refractivity contribution in [2.75, 3.05) is 0 Å². The molecule has 16 heavy (non-hydrogen) atoms. The highest BCUT2D eigenvalue weighted by atomic mass is 19.1. The Balaban J connectivity index is 2.95. The highest BCUT2D eigenvalue weighted by Crippen LogP contribution is 2.24. The fraction of sp³-hybridized carbons (Fsp3) is 0.538. The molecule has 1 aromatic carbocycles. The summed E-state index contributed by atoms with van der Waals surface area (Å²) in [6, 6.07) is 3.66. The Morgan fingerprint density at radius 3 is 2.38 bits per heavy atom. The van der Waals surface area contributed by atoms with Crippen LogP contribution in [0.3, 0.4) is 0 Å². The number of halogens is 2. The van der Waals surface area contributed by atoms with E-state index in [2.05, 4.69) is 0 Å². The van der Waals surface area contributed by atoms with E-state index < -0.39 is 17.2 Å². The maximum Gasteiger partial charge on any atom is 0.129 e. The van der Waals surface area contributed by atoms with Crippen molar-refractivity contribution < 1.29 is 8.78 Å². The van der Waals surface area contributed by atoms with Crippen LogP contribution in [0.25, 0.3) is 0 Å². The second kappa shape index (κ2) is 4.91. The van der Waals surface area contributed by atoms with Gasteiger partial charge in [-0.1, -0.05) is 26.8 Å². The van der Waals surface area contributed by atoms with Crippen molar-refractivity contribution in [2.45, 2.75) is 39.2 Å². The Bertz CT molecular complexity index is 363. The van der Waals surface area contributed by atoms with Gasteiger partial charge in [-0.25, -0.2) is 8.78 Å². The van der Waals surface area contributed by atoms with E-state index in [1.807, 2.05) is 20.8 Å². The first-order valence-electron chi connectivity index (χ1n) is 5.62. The second-order valence-electron chi connectivity index (χ2n) is 4.65. The predicted octanol–water partition coefficient (Wildman–Crippen LogP) is 3.27. The monoisotopic (exact) mass is 227 g/mol. The molecule has 1 atom stereocenters. The molecule has 0 aliphatic rings. The maximum absolute atomic E-state index is 13.5. The zero-order chi connectivity index (χ0) is 12.3. The van der Waals surface area contributed by atoms with E-state index in [9.17, 15) is 8.78 Å². The van der Waals surface area contributed by atoms with Gasteiger partial charge in [-0.05, 0) is 30.4 Å². The van der Waals surface area contributed by atoms with Gasteiger partial charge in [-0.15, -0.1) is 0 Å². The van der Waals surface area contributed by atoms with Crippen molar-refractivity contribution in [3.63, 3.8) is 0 Å². The van der Waals surface area contributed by atoms with E-state index in [4.69, 9.17) is 5.73 Å². The van der Waals surface area contributed by atoms with Gasteiger partial charge in [-0.3, -0.25) is 0 Å². The molecule has 0 bridgehead atoms. The van der Waals surface area contributed by atoms with Gasteiger partial charge >= 0.3 is 0 Å². The fourth-order valence-corrected chi connectivity index (χ4v) is 1.76. The average Bonchev–Trinajstić information content (AvgIpc) is 2.22. The molecule has 1 unspecified atom stereocenters. The van der Waals surface area contributed by atoms with E-state index in [0.29, 0.717) is 12.0 Å². The molecule has 0 amide bonds. The maximum atomic E-state index is 13.5. The van der Waals surface area contributed by atoms with E-state index in [0.717, 1.165) is 12.5 Å². The summed E-state index contributed by atoms with van der Waals surface area (Å²) in [6.07, 6.45) is 1.20. The fourth-order valence-electron chi connectivity index (χ4n) is 1.76. The quantitative estimate of drug-likeness (QED) is 0.839. The first kappa shape index (κ1) is 13.1. The van der Waals surface area contributed by atoms with Gasteiger partial charge in [0.25, 0.3) is 0 Å². The summed E-state index contributed by atoms with van der Waals surface area (Å²) in [5, 5.41) is 0. The van der Waals surface area contributed by atoms with Crippen LogP contribution in [0.2, 0.25) is 0 Å². The van der Waals surface area contributed by atoms with Crippen LogP contribution >= 0.6 is 0 Å². The summed E-state index contributed by atoms with van der Waals surface area (Å²) in [5.74, 6) is -0.809. The van der Waals surface area contributed by atoms with Crippen molar-refractivity contribution >= 4 is 0 Å². The molecule has 0 saturated carbocycles. The number of rotatable bonds is 4. The number of benzene rings is 1. The van der Waals surface area contributed by atoms with Crippen LogP contribution in [0.15, 0.2) is 18.2 Å². The molecule has 1 rings (SSSR count). The molecule has 1 aromatic rings. The van der Waals surface area contributed by atoms with Gasteiger partial charge in [-0.2, -0.15) is 0 Å². The van der Waals surface area contributed by atoms with E-state index in [-0.39, 0.29) is 5.92 Å². The molecule has 0 aromatic heterocycles. The van der Waals surface area contributed by atoms with Gasteiger partial charge in [0.05, 0.1) is 0 Å². The summed E-state index contributed by atoms with van der Waals surface area (Å²) in [6.45, 7) is 6.03. The van der Waals surface area contributed by atoms with Crippen LogP contribution < -0.4 is 5.73 Å². The topological polar surface area (TPSA) is 26.0 Å². The zero-order valence-electron chi connectivity index (χ0n) is 10.1. The third-order valence-electron chi connectivity index (χ3n) is 3.34. The summed E-state index contributed by atoms with van der Waals surface area (Å²) in [7, 11) is 0. The van der Waals surface area contributed by atoms with Gasteiger partial charge in [0, 0.05) is 11.6 Å². The SMILES string of the molecule is CCC(N)(Cc1ccc(F)cc1F)C(C)C. The Labute approximate surface area is 95.7 Å². The molecule has 2 N–H and O–H groups in total. The van der Waals surface area contributed by atoms with E-state index >= 15 is 0 Å². The van der Waals surface area contributed by atoms with Crippen molar-refractivity contribution in [1.82, 2.24) is 0 Å². The van der Waals surface area contributed by atoms with E-state index in [1.54, 1.807) is 0 Å². The molecule has 1 nitrogen and oxygen atoms in total. The lowest BCUT2D eigenvalue weighted by Crippen LogP contribution is -2.46. The molecule has 0 heterocycles. The molecule has 90 valence electrons. The summed E-state index contributed by atoms with van der Waals surface area (Å²) < 4.78 is 26.2. The predicted molar refractivity (Wildman–Crippen MR) is 62.1 cm³/mol.